The Hall–Kier alpha value is 0.557. The van der Waals surface area contributed by atoms with Crippen molar-refractivity contribution in [2.24, 2.45) is 0 Å². The topological polar surface area (TPSA) is 3.24 Å². The van der Waals surface area contributed by atoms with Crippen LogP contribution in [0.1, 0.15) is 64.7 Å². The standard InChI is InChI=1S/C14H28N.Li/c1-3-5-8-11-14(4-2)15-12-9-6-7-10-13-15;/h14H,1,3-13H2,2H3;/q-1;+1. The summed E-state index contributed by atoms with van der Waals surface area (Å²) in [4.78, 5) is 2.75. The van der Waals surface area contributed by atoms with E-state index < -0.39 is 0 Å². The van der Waals surface area contributed by atoms with Gasteiger partial charge in [-0.05, 0) is 38.8 Å². The molecule has 0 aliphatic carbocycles. The zero-order chi connectivity index (χ0) is 10.9. The van der Waals surface area contributed by atoms with Crippen molar-refractivity contribution in [1.82, 2.24) is 4.90 Å². The molecule has 90 valence electrons. The van der Waals surface area contributed by atoms with Gasteiger partial charge in [-0.1, -0.05) is 32.6 Å². The molecule has 1 atom stereocenters. The summed E-state index contributed by atoms with van der Waals surface area (Å²) in [6.07, 6.45) is 12.3. The van der Waals surface area contributed by atoms with Crippen LogP contribution in [0.15, 0.2) is 0 Å². The molecular weight excluding hydrogens is 189 g/mol. The van der Waals surface area contributed by atoms with E-state index in [1.807, 2.05) is 0 Å². The molecule has 1 aliphatic rings. The molecule has 0 spiro atoms. The van der Waals surface area contributed by atoms with E-state index in [1.165, 1.54) is 64.5 Å². The summed E-state index contributed by atoms with van der Waals surface area (Å²) in [5, 5.41) is 0. The average Bonchev–Trinajstić information content (AvgIpc) is 2.53. The summed E-state index contributed by atoms with van der Waals surface area (Å²) < 4.78 is 0. The molecule has 2 heteroatoms. The summed E-state index contributed by atoms with van der Waals surface area (Å²) in [6.45, 7) is 8.97. The smallest absolute Gasteiger partial charge is 0.343 e. The van der Waals surface area contributed by atoms with Gasteiger partial charge in [0.15, 0.2) is 0 Å². The van der Waals surface area contributed by atoms with Gasteiger partial charge in [0.05, 0.1) is 0 Å². The first-order valence-electron chi connectivity index (χ1n) is 6.91. The second-order valence-corrected chi connectivity index (χ2v) is 4.86. The van der Waals surface area contributed by atoms with Gasteiger partial charge in [-0.25, -0.2) is 0 Å². The minimum absolute atomic E-state index is 0. The SMILES string of the molecule is [CH2-]CCCCC(CC)N1CCCCCC1.[Li+]. The molecule has 1 aliphatic heterocycles. The van der Waals surface area contributed by atoms with E-state index in [4.69, 9.17) is 0 Å². The summed E-state index contributed by atoms with van der Waals surface area (Å²) in [6, 6.07) is 0.856. The molecule has 1 heterocycles. The summed E-state index contributed by atoms with van der Waals surface area (Å²) >= 11 is 0. The molecule has 16 heavy (non-hydrogen) atoms. The first-order valence-corrected chi connectivity index (χ1v) is 6.91. The normalized spacial score (nSPS) is 19.9. The molecule has 0 bridgehead atoms. The predicted molar refractivity (Wildman–Crippen MR) is 67.9 cm³/mol. The minimum Gasteiger partial charge on any atom is -0.343 e. The quantitative estimate of drug-likeness (QED) is 0.365. The van der Waals surface area contributed by atoms with Crippen LogP contribution in [0.4, 0.5) is 0 Å². The monoisotopic (exact) mass is 217 g/mol. The molecule has 0 aromatic heterocycles. The van der Waals surface area contributed by atoms with Gasteiger partial charge in [0.25, 0.3) is 0 Å². The van der Waals surface area contributed by atoms with Crippen LogP contribution >= 0.6 is 0 Å². The molecular formula is C14H28LiN. The van der Waals surface area contributed by atoms with Gasteiger partial charge in [-0.15, -0.1) is 0 Å². The van der Waals surface area contributed by atoms with Crippen molar-refractivity contribution >= 4 is 0 Å². The van der Waals surface area contributed by atoms with Crippen LogP contribution < -0.4 is 18.9 Å². The summed E-state index contributed by atoms with van der Waals surface area (Å²) in [5.74, 6) is 0. The van der Waals surface area contributed by atoms with Crippen molar-refractivity contribution in [1.29, 1.82) is 0 Å². The molecule has 0 aromatic rings. The van der Waals surface area contributed by atoms with Gasteiger partial charge in [0.1, 0.15) is 0 Å². The Kier molecular flexibility index (Phi) is 11.1. The van der Waals surface area contributed by atoms with Gasteiger partial charge in [0, 0.05) is 6.04 Å². The molecule has 0 amide bonds. The van der Waals surface area contributed by atoms with Crippen LogP contribution in [0.25, 0.3) is 0 Å². The zero-order valence-corrected chi connectivity index (χ0v) is 11.5. The van der Waals surface area contributed by atoms with Crippen LogP contribution in [0.2, 0.25) is 0 Å². The van der Waals surface area contributed by atoms with E-state index in [9.17, 15) is 0 Å². The number of nitrogens with zero attached hydrogens (tertiary/aromatic N) is 1. The van der Waals surface area contributed by atoms with Crippen LogP contribution in [0, 0.1) is 6.92 Å². The van der Waals surface area contributed by atoms with Gasteiger partial charge >= 0.3 is 18.9 Å². The van der Waals surface area contributed by atoms with Crippen molar-refractivity contribution in [2.45, 2.75) is 70.8 Å². The van der Waals surface area contributed by atoms with Gasteiger partial charge < -0.3 is 11.8 Å². The Labute approximate surface area is 115 Å². The third-order valence-electron chi connectivity index (χ3n) is 3.67. The van der Waals surface area contributed by atoms with E-state index >= 15 is 0 Å². The fourth-order valence-corrected chi connectivity index (χ4v) is 2.66. The Morgan fingerprint density at radius 3 is 2.19 bits per heavy atom. The van der Waals surface area contributed by atoms with Crippen molar-refractivity contribution in [3.05, 3.63) is 6.92 Å². The van der Waals surface area contributed by atoms with E-state index in [2.05, 4.69) is 18.7 Å². The third kappa shape index (κ3) is 6.33. The van der Waals surface area contributed by atoms with Crippen LogP contribution in [0.3, 0.4) is 0 Å². The molecule has 1 saturated heterocycles. The van der Waals surface area contributed by atoms with Crippen LogP contribution in [-0.4, -0.2) is 24.0 Å². The largest absolute Gasteiger partial charge is 1.00 e. The second-order valence-electron chi connectivity index (χ2n) is 4.86. The summed E-state index contributed by atoms with van der Waals surface area (Å²) in [7, 11) is 0. The first kappa shape index (κ1) is 16.6. The van der Waals surface area contributed by atoms with Gasteiger partial charge in [-0.3, -0.25) is 0 Å². The van der Waals surface area contributed by atoms with Crippen molar-refractivity contribution in [2.75, 3.05) is 13.1 Å². The van der Waals surface area contributed by atoms with Crippen molar-refractivity contribution < 1.29 is 18.9 Å². The van der Waals surface area contributed by atoms with Crippen LogP contribution in [-0.2, 0) is 0 Å². The van der Waals surface area contributed by atoms with Gasteiger partial charge in [0.2, 0.25) is 0 Å². The fraction of sp³-hybridized carbons (Fsp3) is 0.929. The van der Waals surface area contributed by atoms with Crippen LogP contribution in [0.5, 0.6) is 0 Å². The molecule has 0 saturated carbocycles. The predicted octanol–water partition coefficient (Wildman–Crippen LogP) is 1.04. The second kappa shape index (κ2) is 10.7. The maximum atomic E-state index is 3.92. The Balaban J connectivity index is 0.00000225. The van der Waals surface area contributed by atoms with E-state index in [0.717, 1.165) is 12.5 Å². The number of rotatable bonds is 6. The number of hydrogen-bond acceptors (Lipinski definition) is 1. The molecule has 0 N–H and O–H groups in total. The molecule has 0 aromatic carbocycles. The average molecular weight is 217 g/mol. The zero-order valence-electron chi connectivity index (χ0n) is 11.5. The fourth-order valence-electron chi connectivity index (χ4n) is 2.66. The Morgan fingerprint density at radius 1 is 1.06 bits per heavy atom. The molecule has 1 rings (SSSR count). The first-order chi connectivity index (χ1) is 7.38. The number of unbranched alkanes of at least 4 members (excludes halogenated alkanes) is 2. The third-order valence-corrected chi connectivity index (χ3v) is 3.67. The van der Waals surface area contributed by atoms with Crippen molar-refractivity contribution in [3.8, 4) is 0 Å². The number of likely N-dealkylation sites (tertiary alicyclic amines) is 1. The van der Waals surface area contributed by atoms with E-state index in [1.54, 1.807) is 0 Å². The molecule has 1 nitrogen and oxygen atoms in total. The number of hydrogen-bond donors (Lipinski definition) is 0. The Bertz CT molecular complexity index is 142. The maximum Gasteiger partial charge on any atom is 1.00 e. The molecule has 1 fully saturated rings. The Morgan fingerprint density at radius 2 is 1.69 bits per heavy atom. The van der Waals surface area contributed by atoms with E-state index in [-0.39, 0.29) is 18.9 Å². The molecule has 1 unspecified atom stereocenters. The summed E-state index contributed by atoms with van der Waals surface area (Å²) in [5.41, 5.74) is 0. The van der Waals surface area contributed by atoms with Crippen molar-refractivity contribution in [3.63, 3.8) is 0 Å². The van der Waals surface area contributed by atoms with Gasteiger partial charge in [-0.2, -0.15) is 6.42 Å². The minimum atomic E-state index is 0. The van der Waals surface area contributed by atoms with E-state index in [0.29, 0.717) is 0 Å². The molecule has 0 radical (unpaired) electrons. The maximum absolute atomic E-state index is 3.92.